The van der Waals surface area contributed by atoms with Crippen LogP contribution in [0.5, 0.6) is 0 Å². The van der Waals surface area contributed by atoms with Gasteiger partial charge in [0.15, 0.2) is 0 Å². The van der Waals surface area contributed by atoms with Crippen molar-refractivity contribution in [2.24, 2.45) is 0 Å². The Bertz CT molecular complexity index is 358. The molecule has 0 radical (unpaired) electrons. The number of carbonyl (C=O) groups excluding carboxylic acids is 1. The summed E-state index contributed by atoms with van der Waals surface area (Å²) < 4.78 is 0. The van der Waals surface area contributed by atoms with E-state index in [-0.39, 0.29) is 5.91 Å². The van der Waals surface area contributed by atoms with Crippen molar-refractivity contribution in [1.29, 1.82) is 0 Å². The van der Waals surface area contributed by atoms with Crippen LogP contribution in [0.2, 0.25) is 0 Å². The fourth-order valence-corrected chi connectivity index (χ4v) is 2.98. The molecule has 1 amide bonds. The molecule has 1 rings (SSSR count). The maximum absolute atomic E-state index is 11.6. The summed E-state index contributed by atoms with van der Waals surface area (Å²) in [4.78, 5) is 15.9. The van der Waals surface area contributed by atoms with E-state index in [0.29, 0.717) is 12.3 Å². The first-order valence-electron chi connectivity index (χ1n) is 6.01. The second-order valence-electron chi connectivity index (χ2n) is 3.95. The van der Waals surface area contributed by atoms with Crippen LogP contribution in [0.3, 0.4) is 0 Å². The summed E-state index contributed by atoms with van der Waals surface area (Å²) >= 11 is 9.02. The number of halogens is 1. The van der Waals surface area contributed by atoms with E-state index in [0.717, 1.165) is 23.7 Å². The number of rotatable bonds is 9. The first-order chi connectivity index (χ1) is 8.76. The van der Waals surface area contributed by atoms with Crippen LogP contribution in [0.25, 0.3) is 0 Å². The Kier molecular flexibility index (Phi) is 8.46. The molecule has 0 spiro atoms. The maximum atomic E-state index is 11.6. The third-order valence-electron chi connectivity index (χ3n) is 2.40. The van der Waals surface area contributed by atoms with E-state index < -0.39 is 0 Å². The number of alkyl halides is 1. The molecule has 0 unspecified atom stereocenters. The van der Waals surface area contributed by atoms with Crippen LogP contribution >= 0.6 is 34.7 Å². The molecule has 0 fully saturated rings. The minimum Gasteiger partial charge on any atom is -0.356 e. The number of thiazole rings is 1. The fourth-order valence-electron chi connectivity index (χ4n) is 1.47. The zero-order valence-corrected chi connectivity index (χ0v) is 13.0. The van der Waals surface area contributed by atoms with Crippen LogP contribution < -0.4 is 5.32 Å². The first-order valence-corrected chi connectivity index (χ1v) is 8.82. The molecular weight excluding hydrogens is 288 g/mol. The van der Waals surface area contributed by atoms with Crippen molar-refractivity contribution in [1.82, 2.24) is 10.3 Å². The SMILES string of the molecule is CSCCCCCNC(=O)Cc1nc(CCl)cs1. The second kappa shape index (κ2) is 9.64. The summed E-state index contributed by atoms with van der Waals surface area (Å²) in [6.07, 6.45) is 5.94. The van der Waals surface area contributed by atoms with Crippen LogP contribution in [0.4, 0.5) is 0 Å². The molecule has 3 nitrogen and oxygen atoms in total. The lowest BCUT2D eigenvalue weighted by Gasteiger charge is -2.03. The normalized spacial score (nSPS) is 10.6. The Morgan fingerprint density at radius 1 is 1.50 bits per heavy atom. The zero-order valence-electron chi connectivity index (χ0n) is 10.6. The maximum Gasteiger partial charge on any atom is 0.226 e. The summed E-state index contributed by atoms with van der Waals surface area (Å²) in [5, 5.41) is 5.66. The van der Waals surface area contributed by atoms with E-state index in [1.165, 1.54) is 29.9 Å². The molecule has 1 N–H and O–H groups in total. The van der Waals surface area contributed by atoms with Crippen LogP contribution in [0.1, 0.15) is 30.0 Å². The van der Waals surface area contributed by atoms with Gasteiger partial charge in [-0.05, 0) is 24.9 Å². The number of amides is 1. The third-order valence-corrected chi connectivity index (χ3v) is 4.26. The standard InChI is InChI=1S/C12H19ClN2OS2/c1-17-6-4-2-3-5-14-11(16)7-12-15-10(8-13)9-18-12/h9H,2-8H2,1H3,(H,14,16). The van der Waals surface area contributed by atoms with E-state index in [1.807, 2.05) is 17.1 Å². The van der Waals surface area contributed by atoms with E-state index >= 15 is 0 Å². The molecule has 0 bridgehead atoms. The molecule has 0 aliphatic rings. The van der Waals surface area contributed by atoms with Gasteiger partial charge in [0.1, 0.15) is 5.01 Å². The number of hydrogen-bond acceptors (Lipinski definition) is 4. The molecule has 0 saturated heterocycles. The van der Waals surface area contributed by atoms with Gasteiger partial charge in [-0.15, -0.1) is 22.9 Å². The van der Waals surface area contributed by atoms with Gasteiger partial charge >= 0.3 is 0 Å². The van der Waals surface area contributed by atoms with Crippen LogP contribution in [0.15, 0.2) is 5.38 Å². The van der Waals surface area contributed by atoms with Crippen molar-refractivity contribution in [3.63, 3.8) is 0 Å². The molecule has 102 valence electrons. The predicted octanol–water partition coefficient (Wildman–Crippen LogP) is 3.07. The molecule has 18 heavy (non-hydrogen) atoms. The van der Waals surface area contributed by atoms with Gasteiger partial charge in [-0.1, -0.05) is 6.42 Å². The average Bonchev–Trinajstić information content (AvgIpc) is 2.81. The average molecular weight is 307 g/mol. The largest absolute Gasteiger partial charge is 0.356 e. The lowest BCUT2D eigenvalue weighted by molar-refractivity contribution is -0.120. The summed E-state index contributed by atoms with van der Waals surface area (Å²) in [6.45, 7) is 0.765. The molecule has 0 saturated carbocycles. The van der Waals surface area contributed by atoms with E-state index in [9.17, 15) is 4.79 Å². The number of hydrogen-bond donors (Lipinski definition) is 1. The quantitative estimate of drug-likeness (QED) is 0.563. The Morgan fingerprint density at radius 2 is 2.33 bits per heavy atom. The van der Waals surface area contributed by atoms with Gasteiger partial charge in [-0.25, -0.2) is 4.98 Å². The van der Waals surface area contributed by atoms with E-state index in [1.54, 1.807) is 0 Å². The summed E-state index contributed by atoms with van der Waals surface area (Å²) in [7, 11) is 0. The van der Waals surface area contributed by atoms with Crippen molar-refractivity contribution in [2.75, 3.05) is 18.6 Å². The highest BCUT2D eigenvalue weighted by atomic mass is 35.5. The zero-order chi connectivity index (χ0) is 13.2. The fraction of sp³-hybridized carbons (Fsp3) is 0.667. The highest BCUT2D eigenvalue weighted by molar-refractivity contribution is 7.98. The molecule has 1 heterocycles. The minimum atomic E-state index is 0.0512. The molecule has 0 aromatic carbocycles. The number of nitrogens with zero attached hydrogens (tertiary/aromatic N) is 1. The lowest BCUT2D eigenvalue weighted by Crippen LogP contribution is -2.26. The van der Waals surface area contributed by atoms with Gasteiger partial charge < -0.3 is 5.32 Å². The number of carbonyl (C=O) groups is 1. The van der Waals surface area contributed by atoms with Crippen LogP contribution in [-0.4, -0.2) is 29.4 Å². The molecule has 1 aromatic heterocycles. The van der Waals surface area contributed by atoms with Gasteiger partial charge in [-0.3, -0.25) is 4.79 Å². The highest BCUT2D eigenvalue weighted by Gasteiger charge is 2.06. The van der Waals surface area contributed by atoms with Crippen molar-refractivity contribution < 1.29 is 4.79 Å². The summed E-state index contributed by atoms with van der Waals surface area (Å²) in [5.74, 6) is 1.66. The Morgan fingerprint density at radius 3 is 3.00 bits per heavy atom. The van der Waals surface area contributed by atoms with Gasteiger partial charge in [0, 0.05) is 11.9 Å². The molecule has 0 aliphatic carbocycles. The third kappa shape index (κ3) is 6.61. The van der Waals surface area contributed by atoms with Crippen LogP contribution in [-0.2, 0) is 17.1 Å². The summed E-state index contributed by atoms with van der Waals surface area (Å²) in [6, 6.07) is 0. The number of thioether (sulfide) groups is 1. The van der Waals surface area contributed by atoms with Crippen molar-refractivity contribution in [3.05, 3.63) is 16.1 Å². The van der Waals surface area contributed by atoms with Gasteiger partial charge in [0.05, 0.1) is 18.0 Å². The molecular formula is C12H19ClN2OS2. The predicted molar refractivity (Wildman–Crippen MR) is 80.6 cm³/mol. The topological polar surface area (TPSA) is 42.0 Å². The smallest absolute Gasteiger partial charge is 0.226 e. The van der Waals surface area contributed by atoms with Crippen molar-refractivity contribution in [2.45, 2.75) is 31.6 Å². The van der Waals surface area contributed by atoms with Crippen LogP contribution in [0, 0.1) is 0 Å². The van der Waals surface area contributed by atoms with Crippen molar-refractivity contribution in [3.8, 4) is 0 Å². The molecule has 0 aliphatic heterocycles. The first kappa shape index (κ1) is 15.8. The number of unbranched alkanes of at least 4 members (excludes halogenated alkanes) is 2. The monoisotopic (exact) mass is 306 g/mol. The highest BCUT2D eigenvalue weighted by Crippen LogP contribution is 2.12. The minimum absolute atomic E-state index is 0.0512. The number of nitrogens with one attached hydrogen (secondary N) is 1. The number of aromatic nitrogens is 1. The van der Waals surface area contributed by atoms with E-state index in [4.69, 9.17) is 11.6 Å². The molecule has 1 aromatic rings. The second-order valence-corrected chi connectivity index (χ2v) is 6.14. The lowest BCUT2D eigenvalue weighted by atomic mass is 10.2. The van der Waals surface area contributed by atoms with Gasteiger partial charge in [0.2, 0.25) is 5.91 Å². The van der Waals surface area contributed by atoms with Crippen molar-refractivity contribution >= 4 is 40.6 Å². The Hall–Kier alpha value is -0.260. The van der Waals surface area contributed by atoms with Gasteiger partial charge in [-0.2, -0.15) is 11.8 Å². The van der Waals surface area contributed by atoms with E-state index in [2.05, 4.69) is 16.6 Å². The molecule has 6 heteroatoms. The summed E-state index contributed by atoms with van der Waals surface area (Å²) in [5.41, 5.74) is 0.849. The molecule has 0 atom stereocenters. The Balaban J connectivity index is 2.10. The Labute approximate surface area is 122 Å². The van der Waals surface area contributed by atoms with Gasteiger partial charge in [0.25, 0.3) is 0 Å².